The van der Waals surface area contributed by atoms with Crippen LogP contribution in [0.4, 0.5) is 18.9 Å². The van der Waals surface area contributed by atoms with Gasteiger partial charge in [-0.25, -0.2) is 0 Å². The molecule has 2 fully saturated rings. The van der Waals surface area contributed by atoms with Gasteiger partial charge in [-0.2, -0.15) is 18.4 Å². The quantitative estimate of drug-likeness (QED) is 0.615. The van der Waals surface area contributed by atoms with Gasteiger partial charge >= 0.3 is 12.1 Å². The Morgan fingerprint density at radius 1 is 1.30 bits per heavy atom. The number of benzene rings is 1. The number of non-ortho nitro benzene ring substituents is 1. The van der Waals surface area contributed by atoms with Crippen molar-refractivity contribution in [2.24, 2.45) is 11.8 Å². The first-order valence-electron chi connectivity index (χ1n) is 6.74. The second-order valence-electron chi connectivity index (χ2n) is 5.71. The summed E-state index contributed by atoms with van der Waals surface area (Å²) in [4.78, 5) is 22.0. The Morgan fingerprint density at radius 2 is 1.83 bits per heavy atom. The van der Waals surface area contributed by atoms with Gasteiger partial charge in [0.25, 0.3) is 5.69 Å². The van der Waals surface area contributed by atoms with Crippen LogP contribution >= 0.6 is 0 Å². The van der Waals surface area contributed by atoms with E-state index in [1.807, 2.05) is 0 Å². The molecule has 0 bridgehead atoms. The smallest absolute Gasteiger partial charge is 0.334 e. The third-order valence-electron chi connectivity index (χ3n) is 4.65. The van der Waals surface area contributed by atoms with E-state index in [1.165, 1.54) is 24.3 Å². The van der Waals surface area contributed by atoms with Gasteiger partial charge in [-0.3, -0.25) is 14.9 Å². The molecule has 0 radical (unpaired) electrons. The first kappa shape index (κ1) is 15.3. The van der Waals surface area contributed by atoms with Crippen LogP contribution in [-0.4, -0.2) is 35.0 Å². The highest BCUT2D eigenvalue weighted by atomic mass is 19.4. The van der Waals surface area contributed by atoms with E-state index in [-0.39, 0.29) is 30.6 Å². The number of hydrogen-bond acceptors (Lipinski definition) is 4. The number of amides is 1. The summed E-state index contributed by atoms with van der Waals surface area (Å²) in [6, 6.07) is 7.57. The number of likely N-dealkylation sites (tertiary alicyclic amines) is 1. The van der Waals surface area contributed by atoms with Gasteiger partial charge in [0.1, 0.15) is 0 Å². The Balaban J connectivity index is 1.79. The van der Waals surface area contributed by atoms with Crippen molar-refractivity contribution >= 4 is 11.6 Å². The number of carbonyl (C=O) groups excluding carboxylic acids is 1. The highest BCUT2D eigenvalue weighted by Gasteiger charge is 2.71. The predicted octanol–water partition coefficient (Wildman–Crippen LogP) is 2.01. The van der Waals surface area contributed by atoms with Crippen LogP contribution in [0.5, 0.6) is 0 Å². The minimum Gasteiger partial charge on any atom is -0.334 e. The van der Waals surface area contributed by atoms with E-state index < -0.39 is 22.4 Å². The number of carbonyl (C=O) groups is 1. The lowest BCUT2D eigenvalue weighted by Crippen LogP contribution is -2.42. The summed E-state index contributed by atoms with van der Waals surface area (Å²) >= 11 is 0. The van der Waals surface area contributed by atoms with Crippen molar-refractivity contribution in [2.75, 3.05) is 13.1 Å². The van der Waals surface area contributed by atoms with Crippen LogP contribution in [0.2, 0.25) is 0 Å². The van der Waals surface area contributed by atoms with Gasteiger partial charge in [-0.15, -0.1) is 0 Å². The van der Waals surface area contributed by atoms with Crippen LogP contribution in [0.15, 0.2) is 24.3 Å². The van der Waals surface area contributed by atoms with Gasteiger partial charge < -0.3 is 4.90 Å². The summed E-state index contributed by atoms with van der Waals surface area (Å²) in [5, 5.41) is 20.1. The topological polar surface area (TPSA) is 87.2 Å². The first-order chi connectivity index (χ1) is 10.7. The number of piperidine rings is 1. The van der Waals surface area contributed by atoms with Crippen molar-refractivity contribution in [2.45, 2.75) is 11.6 Å². The summed E-state index contributed by atoms with van der Waals surface area (Å²) in [5.41, 5.74) is -0.543. The fourth-order valence-corrected chi connectivity index (χ4v) is 3.49. The number of nitro benzene ring substituents is 1. The molecule has 1 aliphatic carbocycles. The molecular weight excluding hydrogens is 315 g/mol. The molecule has 3 atom stereocenters. The van der Waals surface area contributed by atoms with Crippen molar-refractivity contribution in [1.82, 2.24) is 4.90 Å². The van der Waals surface area contributed by atoms with Crippen LogP contribution in [0.25, 0.3) is 0 Å². The van der Waals surface area contributed by atoms with E-state index >= 15 is 0 Å². The van der Waals surface area contributed by atoms with E-state index in [0.29, 0.717) is 5.56 Å². The Hall–Kier alpha value is -2.63. The molecule has 1 unspecified atom stereocenters. The summed E-state index contributed by atoms with van der Waals surface area (Å²) in [5.74, 6) is -2.64. The number of fused-ring (bicyclic) bond motifs is 1. The number of alkyl halides is 3. The highest BCUT2D eigenvalue weighted by molar-refractivity contribution is 5.82. The van der Waals surface area contributed by atoms with E-state index in [2.05, 4.69) is 6.07 Å². The normalized spacial score (nSPS) is 28.9. The van der Waals surface area contributed by atoms with Crippen LogP contribution in [0.1, 0.15) is 5.56 Å². The third-order valence-corrected chi connectivity index (χ3v) is 4.65. The highest BCUT2D eigenvalue weighted by Crippen LogP contribution is 2.63. The summed E-state index contributed by atoms with van der Waals surface area (Å²) in [6.45, 7) is -0.263. The lowest BCUT2D eigenvalue weighted by atomic mass is 9.91. The first-order valence-corrected chi connectivity index (χ1v) is 6.74. The van der Waals surface area contributed by atoms with Gasteiger partial charge in [0.2, 0.25) is 0 Å². The second kappa shape index (κ2) is 4.68. The maximum Gasteiger partial charge on any atom is 0.471 e. The Labute approximate surface area is 128 Å². The molecule has 1 aromatic carbocycles. The second-order valence-corrected chi connectivity index (χ2v) is 5.71. The monoisotopic (exact) mass is 325 g/mol. The molecule has 1 aromatic rings. The van der Waals surface area contributed by atoms with Crippen molar-refractivity contribution in [1.29, 1.82) is 5.26 Å². The minimum atomic E-state index is -4.92. The Kier molecular flexibility index (Phi) is 3.11. The van der Waals surface area contributed by atoms with Gasteiger partial charge in [0.15, 0.2) is 0 Å². The molecule has 9 heteroatoms. The van der Waals surface area contributed by atoms with Crippen molar-refractivity contribution < 1.29 is 22.9 Å². The number of nitriles is 1. The fourth-order valence-electron chi connectivity index (χ4n) is 3.49. The molecule has 1 saturated heterocycles. The van der Waals surface area contributed by atoms with Gasteiger partial charge in [-0.05, 0) is 5.56 Å². The van der Waals surface area contributed by atoms with Gasteiger partial charge in [0.05, 0.1) is 16.4 Å². The van der Waals surface area contributed by atoms with Crippen LogP contribution < -0.4 is 0 Å². The Morgan fingerprint density at radius 3 is 2.22 bits per heavy atom. The summed E-state index contributed by atoms with van der Waals surface area (Å²) in [7, 11) is 0. The van der Waals surface area contributed by atoms with E-state index in [9.17, 15) is 33.3 Å². The standard InChI is InChI=1S/C14H10F3N3O3/c15-14(16,17)12(21)19-5-10-11(6-19)13(10,7-18)8-1-3-9(4-2-8)20(22)23/h1-4,10-11H,5-6H2/t10-,11?,13-/m0/s1. The minimum absolute atomic E-state index is 0.124. The summed E-state index contributed by atoms with van der Waals surface area (Å²) in [6.07, 6.45) is -4.92. The van der Waals surface area contributed by atoms with E-state index in [4.69, 9.17) is 0 Å². The maximum atomic E-state index is 12.4. The molecule has 1 aliphatic heterocycles. The predicted molar refractivity (Wildman–Crippen MR) is 70.0 cm³/mol. The molecule has 1 saturated carbocycles. The van der Waals surface area contributed by atoms with Crippen LogP contribution in [-0.2, 0) is 10.2 Å². The molecule has 23 heavy (non-hydrogen) atoms. The molecular formula is C14H10F3N3O3. The molecule has 120 valence electrons. The van der Waals surface area contributed by atoms with E-state index in [0.717, 1.165) is 4.90 Å². The number of hydrogen-bond donors (Lipinski definition) is 0. The van der Waals surface area contributed by atoms with Crippen molar-refractivity contribution in [3.63, 3.8) is 0 Å². The van der Waals surface area contributed by atoms with Crippen LogP contribution in [0.3, 0.4) is 0 Å². The number of rotatable bonds is 2. The zero-order chi connectivity index (χ0) is 17.0. The fraction of sp³-hybridized carbons (Fsp3) is 0.429. The van der Waals surface area contributed by atoms with Crippen LogP contribution in [0, 0.1) is 33.3 Å². The van der Waals surface area contributed by atoms with Gasteiger partial charge in [0, 0.05) is 37.1 Å². The molecule has 6 nitrogen and oxygen atoms in total. The van der Waals surface area contributed by atoms with Crippen molar-refractivity contribution in [3.05, 3.63) is 39.9 Å². The summed E-state index contributed by atoms with van der Waals surface area (Å²) < 4.78 is 37.3. The number of nitrogens with zero attached hydrogens (tertiary/aromatic N) is 3. The molecule has 0 N–H and O–H groups in total. The molecule has 1 amide bonds. The number of halogens is 3. The SMILES string of the molecule is N#C[C@@]1(c2ccc([N+](=O)[O-])cc2)C2CN(C(=O)C(F)(F)F)C[C@@H]21. The molecule has 3 rings (SSSR count). The Bertz CT molecular complexity index is 712. The molecule has 1 heterocycles. The van der Waals surface area contributed by atoms with Crippen molar-refractivity contribution in [3.8, 4) is 6.07 Å². The zero-order valence-corrected chi connectivity index (χ0v) is 11.6. The largest absolute Gasteiger partial charge is 0.471 e. The lowest BCUT2D eigenvalue weighted by molar-refractivity contribution is -0.384. The van der Waals surface area contributed by atoms with E-state index in [1.54, 1.807) is 0 Å². The third kappa shape index (κ3) is 2.13. The maximum absolute atomic E-state index is 12.4. The average Bonchev–Trinajstić information content (AvgIpc) is 2.88. The molecule has 0 spiro atoms. The lowest BCUT2D eigenvalue weighted by Gasteiger charge is -2.23. The molecule has 0 aromatic heterocycles. The molecule has 2 aliphatic rings. The number of nitro groups is 1. The zero-order valence-electron chi connectivity index (χ0n) is 11.6. The van der Waals surface area contributed by atoms with Gasteiger partial charge in [-0.1, -0.05) is 12.1 Å². The average molecular weight is 325 g/mol.